The number of fused-ring (bicyclic) bond motifs is 1. The lowest BCUT2D eigenvalue weighted by atomic mass is 10.1. The summed E-state index contributed by atoms with van der Waals surface area (Å²) in [7, 11) is 0. The van der Waals surface area contributed by atoms with Gasteiger partial charge >= 0.3 is 0 Å². The molecule has 5 nitrogen and oxygen atoms in total. The molecule has 0 amide bonds. The molecule has 90 valence electrons. The molecule has 0 unspecified atom stereocenters. The van der Waals surface area contributed by atoms with Crippen molar-refractivity contribution in [3.8, 4) is 17.0 Å². The summed E-state index contributed by atoms with van der Waals surface area (Å²) in [5, 5.41) is 10.5. The normalized spacial score (nSPS) is 10.9. The Hall–Kier alpha value is -2.40. The van der Waals surface area contributed by atoms with Crippen LogP contribution in [0.5, 0.6) is 5.75 Å². The maximum atomic E-state index is 9.54. The van der Waals surface area contributed by atoms with Gasteiger partial charge in [0.15, 0.2) is 0 Å². The van der Waals surface area contributed by atoms with E-state index in [0.717, 1.165) is 27.9 Å². The highest BCUT2D eigenvalue weighted by Crippen LogP contribution is 2.29. The molecular formula is C13H12N4O. The van der Waals surface area contributed by atoms with E-state index in [4.69, 9.17) is 5.73 Å². The van der Waals surface area contributed by atoms with Crippen LogP contribution in [-0.2, 0) is 6.54 Å². The molecule has 3 aromatic rings. The van der Waals surface area contributed by atoms with Gasteiger partial charge in [-0.2, -0.15) is 0 Å². The lowest BCUT2D eigenvalue weighted by molar-refractivity contribution is 0.476. The molecule has 3 rings (SSSR count). The van der Waals surface area contributed by atoms with Gasteiger partial charge in [-0.15, -0.1) is 0 Å². The number of phenols is 1. The monoisotopic (exact) mass is 240 g/mol. The standard InChI is InChI=1S/C13H12N4O/c14-4-8-5-16-13(7-15-8)11-6-17-12-2-1-9(18)3-10(11)12/h1-3,5-7,17-18H,4,14H2. The van der Waals surface area contributed by atoms with E-state index in [0.29, 0.717) is 6.54 Å². The Kier molecular flexibility index (Phi) is 2.46. The first-order valence-electron chi connectivity index (χ1n) is 5.59. The molecular weight excluding hydrogens is 228 g/mol. The molecule has 0 bridgehead atoms. The first-order valence-corrected chi connectivity index (χ1v) is 5.59. The summed E-state index contributed by atoms with van der Waals surface area (Å²) in [6.45, 7) is 0.377. The molecule has 5 heteroatoms. The molecule has 0 atom stereocenters. The summed E-state index contributed by atoms with van der Waals surface area (Å²) in [5.74, 6) is 0.231. The largest absolute Gasteiger partial charge is 0.508 e. The molecule has 0 saturated heterocycles. The average Bonchev–Trinajstić information content (AvgIpc) is 2.82. The van der Waals surface area contributed by atoms with Crippen molar-refractivity contribution in [3.05, 3.63) is 42.5 Å². The Labute approximate surface area is 103 Å². The van der Waals surface area contributed by atoms with Crippen LogP contribution in [0.25, 0.3) is 22.2 Å². The third-order valence-corrected chi connectivity index (χ3v) is 2.86. The Morgan fingerprint density at radius 1 is 1.22 bits per heavy atom. The van der Waals surface area contributed by atoms with Crippen LogP contribution in [0.4, 0.5) is 0 Å². The van der Waals surface area contributed by atoms with E-state index in [2.05, 4.69) is 15.0 Å². The summed E-state index contributed by atoms with van der Waals surface area (Å²) in [6.07, 6.45) is 5.21. The van der Waals surface area contributed by atoms with Crippen molar-refractivity contribution >= 4 is 10.9 Å². The van der Waals surface area contributed by atoms with E-state index in [1.807, 2.05) is 12.3 Å². The average molecular weight is 240 g/mol. The minimum Gasteiger partial charge on any atom is -0.508 e. The number of phenolic OH excluding ortho intramolecular Hbond substituents is 1. The van der Waals surface area contributed by atoms with Crippen molar-refractivity contribution in [2.45, 2.75) is 6.54 Å². The van der Waals surface area contributed by atoms with E-state index in [9.17, 15) is 5.11 Å². The Morgan fingerprint density at radius 3 is 2.83 bits per heavy atom. The molecule has 0 aliphatic rings. The summed E-state index contributed by atoms with van der Waals surface area (Å²) in [6, 6.07) is 5.18. The molecule has 4 N–H and O–H groups in total. The van der Waals surface area contributed by atoms with Gasteiger partial charge in [-0.05, 0) is 18.2 Å². The van der Waals surface area contributed by atoms with Crippen LogP contribution >= 0.6 is 0 Å². The molecule has 0 aliphatic heterocycles. The summed E-state index contributed by atoms with van der Waals surface area (Å²) in [4.78, 5) is 11.7. The molecule has 2 aromatic heterocycles. The summed E-state index contributed by atoms with van der Waals surface area (Å²) in [5.41, 5.74) is 8.86. The van der Waals surface area contributed by atoms with Crippen molar-refractivity contribution in [2.75, 3.05) is 0 Å². The zero-order valence-corrected chi connectivity index (χ0v) is 9.59. The van der Waals surface area contributed by atoms with Crippen LogP contribution in [0, 0.1) is 0 Å². The van der Waals surface area contributed by atoms with Crippen LogP contribution in [0.15, 0.2) is 36.8 Å². The molecule has 0 spiro atoms. The fourth-order valence-corrected chi connectivity index (χ4v) is 1.92. The van der Waals surface area contributed by atoms with Crippen molar-refractivity contribution in [1.29, 1.82) is 0 Å². The molecule has 2 heterocycles. The van der Waals surface area contributed by atoms with Gasteiger partial charge in [0.1, 0.15) is 5.75 Å². The third-order valence-electron chi connectivity index (χ3n) is 2.86. The number of benzene rings is 1. The molecule has 0 radical (unpaired) electrons. The second-order valence-corrected chi connectivity index (χ2v) is 4.03. The number of hydrogen-bond acceptors (Lipinski definition) is 4. The van der Waals surface area contributed by atoms with E-state index in [1.165, 1.54) is 0 Å². The van der Waals surface area contributed by atoms with Gasteiger partial charge in [0.25, 0.3) is 0 Å². The van der Waals surface area contributed by atoms with Crippen molar-refractivity contribution in [2.24, 2.45) is 5.73 Å². The fourth-order valence-electron chi connectivity index (χ4n) is 1.92. The highest BCUT2D eigenvalue weighted by molar-refractivity contribution is 5.95. The summed E-state index contributed by atoms with van der Waals surface area (Å²) < 4.78 is 0. The topological polar surface area (TPSA) is 87.8 Å². The number of hydrogen-bond donors (Lipinski definition) is 3. The fraction of sp³-hybridized carbons (Fsp3) is 0.0769. The van der Waals surface area contributed by atoms with Gasteiger partial charge in [-0.3, -0.25) is 9.97 Å². The Bertz CT molecular complexity index is 688. The number of aromatic nitrogens is 3. The maximum absolute atomic E-state index is 9.54. The number of nitrogens with one attached hydrogen (secondary N) is 1. The zero-order chi connectivity index (χ0) is 12.5. The number of H-pyrrole nitrogens is 1. The quantitative estimate of drug-likeness (QED) is 0.637. The van der Waals surface area contributed by atoms with Gasteiger partial charge in [0.05, 0.1) is 23.8 Å². The Balaban J connectivity index is 2.15. The predicted molar refractivity (Wildman–Crippen MR) is 68.9 cm³/mol. The molecule has 18 heavy (non-hydrogen) atoms. The minimum atomic E-state index is 0.231. The van der Waals surface area contributed by atoms with Crippen LogP contribution in [-0.4, -0.2) is 20.1 Å². The molecule has 0 fully saturated rings. The number of aromatic hydroxyl groups is 1. The third kappa shape index (κ3) is 1.70. The smallest absolute Gasteiger partial charge is 0.116 e. The highest BCUT2D eigenvalue weighted by atomic mass is 16.3. The SMILES string of the molecule is NCc1cnc(-c2c[nH]c3ccc(O)cc23)cn1. The minimum absolute atomic E-state index is 0.231. The second-order valence-electron chi connectivity index (χ2n) is 4.03. The number of nitrogens with two attached hydrogens (primary N) is 1. The predicted octanol–water partition coefficient (Wildman–Crippen LogP) is 1.79. The van der Waals surface area contributed by atoms with Crippen molar-refractivity contribution in [3.63, 3.8) is 0 Å². The number of aromatic amines is 1. The molecule has 0 saturated carbocycles. The van der Waals surface area contributed by atoms with Crippen LogP contribution in [0.2, 0.25) is 0 Å². The second kappa shape index (κ2) is 4.12. The first kappa shape index (κ1) is 10.7. The van der Waals surface area contributed by atoms with Gasteiger partial charge in [0.2, 0.25) is 0 Å². The van der Waals surface area contributed by atoms with E-state index >= 15 is 0 Å². The summed E-state index contributed by atoms with van der Waals surface area (Å²) >= 11 is 0. The Morgan fingerprint density at radius 2 is 2.11 bits per heavy atom. The van der Waals surface area contributed by atoms with E-state index < -0.39 is 0 Å². The highest BCUT2D eigenvalue weighted by Gasteiger charge is 2.08. The van der Waals surface area contributed by atoms with Gasteiger partial charge in [-0.25, -0.2) is 0 Å². The van der Waals surface area contributed by atoms with Gasteiger partial charge in [-0.1, -0.05) is 0 Å². The zero-order valence-electron chi connectivity index (χ0n) is 9.59. The van der Waals surface area contributed by atoms with E-state index in [-0.39, 0.29) is 5.75 Å². The van der Waals surface area contributed by atoms with Gasteiger partial charge in [0, 0.05) is 29.2 Å². The molecule has 0 aliphatic carbocycles. The lowest BCUT2D eigenvalue weighted by Gasteiger charge is -2.00. The van der Waals surface area contributed by atoms with E-state index in [1.54, 1.807) is 24.5 Å². The number of rotatable bonds is 2. The number of nitrogens with zero attached hydrogens (tertiary/aromatic N) is 2. The van der Waals surface area contributed by atoms with Crippen LogP contribution in [0.3, 0.4) is 0 Å². The van der Waals surface area contributed by atoms with Crippen molar-refractivity contribution in [1.82, 2.24) is 15.0 Å². The van der Waals surface area contributed by atoms with Crippen molar-refractivity contribution < 1.29 is 5.11 Å². The maximum Gasteiger partial charge on any atom is 0.116 e. The van der Waals surface area contributed by atoms with Crippen LogP contribution < -0.4 is 5.73 Å². The van der Waals surface area contributed by atoms with Gasteiger partial charge < -0.3 is 15.8 Å². The molecule has 1 aromatic carbocycles. The first-order chi connectivity index (χ1) is 8.78. The van der Waals surface area contributed by atoms with Crippen LogP contribution in [0.1, 0.15) is 5.69 Å². The lowest BCUT2D eigenvalue weighted by Crippen LogP contribution is -2.00.